The van der Waals surface area contributed by atoms with Crippen LogP contribution in [0.1, 0.15) is 16.8 Å². The second kappa shape index (κ2) is 39.3. The number of hydrogen-bond acceptors (Lipinski definition) is 30. The van der Waals surface area contributed by atoms with E-state index < -0.39 is 11.6 Å². The molecule has 0 aliphatic carbocycles. The zero-order chi connectivity index (χ0) is 77.4. The van der Waals surface area contributed by atoms with Crippen molar-refractivity contribution >= 4 is 118 Å². The molecular weight excluding hydrogens is 1580 g/mol. The molecule has 0 bridgehead atoms. The number of aliphatic imine (C=N–C) groups is 6. The molecule has 0 amide bonds. The summed E-state index contributed by atoms with van der Waals surface area (Å²) >= 11 is 0.951. The minimum absolute atomic E-state index is 0.167. The van der Waals surface area contributed by atoms with E-state index >= 15 is 0 Å². The Hall–Kier alpha value is -15.7. The number of para-hydroxylation sites is 2. The summed E-state index contributed by atoms with van der Waals surface area (Å²) in [6.07, 6.45) is 40.6. The number of nitrogens with zero attached hydrogens (tertiary/aromatic N) is 19. The van der Waals surface area contributed by atoms with E-state index in [1.165, 1.54) is 24.9 Å². The molecule has 1 aromatic carbocycles. The van der Waals surface area contributed by atoms with Crippen LogP contribution in [0.3, 0.4) is 0 Å². The van der Waals surface area contributed by atoms with E-state index in [1.807, 2.05) is 103 Å². The van der Waals surface area contributed by atoms with Gasteiger partial charge in [-0.2, -0.15) is 4.98 Å². The van der Waals surface area contributed by atoms with Crippen molar-refractivity contribution in [1.82, 2.24) is 54.8 Å². The number of pyridine rings is 6. The molecule has 0 saturated heterocycles. The van der Waals surface area contributed by atoms with Crippen molar-refractivity contribution in [2.45, 2.75) is 0 Å². The summed E-state index contributed by atoms with van der Waals surface area (Å²) in [6, 6.07) is 26.0. The fourth-order valence-electron chi connectivity index (χ4n) is 8.36. The number of benzene rings is 1. The van der Waals surface area contributed by atoms with Crippen LogP contribution in [-0.4, -0.2) is 115 Å². The van der Waals surface area contributed by atoms with Gasteiger partial charge in [-0.3, -0.25) is 15.0 Å². The zero-order valence-electron chi connectivity index (χ0n) is 57.6. The summed E-state index contributed by atoms with van der Waals surface area (Å²) in [6.45, 7) is 33.9. The van der Waals surface area contributed by atoms with Gasteiger partial charge < -0.3 is 42.3 Å². The molecule has 31 nitrogen and oxygen atoms in total. The van der Waals surface area contributed by atoms with Crippen LogP contribution in [-0.2, 0) is 28.9 Å². The second-order valence-electron chi connectivity index (χ2n) is 21.1. The van der Waals surface area contributed by atoms with Crippen LogP contribution >= 0.6 is 0 Å². The second-order valence-corrected chi connectivity index (χ2v) is 22.4. The van der Waals surface area contributed by atoms with Crippen LogP contribution in [0.5, 0.6) is 46.4 Å². The summed E-state index contributed by atoms with van der Waals surface area (Å²) in [7, 11) is 0. The van der Waals surface area contributed by atoms with Crippen molar-refractivity contribution in [3.05, 3.63) is 310 Å². The molecule has 32 heteroatoms. The molecule has 9 aromatic heterocycles. The molecule has 0 spiro atoms. The molecule has 0 fully saturated rings. The molecule has 0 radical (unpaired) electrons. The third-order valence-corrected chi connectivity index (χ3v) is 14.0. The van der Waals surface area contributed by atoms with Crippen molar-refractivity contribution in [3.8, 4) is 46.4 Å². The number of aromatic nitrogens is 11. The Balaban J connectivity index is 0.000000130. The van der Waals surface area contributed by atoms with Gasteiger partial charge in [-0.25, -0.2) is 64.6 Å². The first-order valence-corrected chi connectivity index (χ1v) is 33.1. The van der Waals surface area contributed by atoms with Gasteiger partial charge in [0.1, 0.15) is 92.8 Å². The van der Waals surface area contributed by atoms with Crippen LogP contribution in [0.4, 0.5) is 28.6 Å². The Kier molecular flexibility index (Phi) is 27.5. The van der Waals surface area contributed by atoms with Gasteiger partial charge in [0.2, 0.25) is 23.3 Å². The Morgan fingerprint density at radius 2 is 0.891 bits per heavy atom. The molecule has 19 rings (SSSR count). The summed E-state index contributed by atoms with van der Waals surface area (Å²) in [5.74, 6) is 10.4. The van der Waals surface area contributed by atoms with E-state index in [0.29, 0.717) is 96.4 Å². The Morgan fingerprint density at radius 3 is 1.65 bits per heavy atom. The van der Waals surface area contributed by atoms with Crippen LogP contribution in [0, 0.1) is 0 Å². The number of fused-ring (bicyclic) bond motifs is 9. The van der Waals surface area contributed by atoms with Gasteiger partial charge in [-0.1, -0.05) is 64.8 Å². The predicted molar refractivity (Wildman–Crippen MR) is 411 cm³/mol. The van der Waals surface area contributed by atoms with Crippen LogP contribution in [0.15, 0.2) is 332 Å². The normalized spacial score (nSPS) is 14.2. The number of cyclic esters (lactones) is 1. The third-order valence-electron chi connectivity index (χ3n) is 13.1. The van der Waals surface area contributed by atoms with Gasteiger partial charge in [-0.05, 0) is 103 Å². The van der Waals surface area contributed by atoms with Gasteiger partial charge in [0, 0.05) is 73.0 Å². The van der Waals surface area contributed by atoms with E-state index in [2.05, 4.69) is 157 Å². The fraction of sp³-hybridized carbons (Fsp3) is 0. The molecule has 9 aliphatic rings. The number of allylic oxidation sites excluding steroid dienone is 8. The molecule has 0 saturated carbocycles. The maximum atomic E-state index is 10.6. The number of ether oxygens (including phenoxy) is 9. The third kappa shape index (κ3) is 23.7. The van der Waals surface area contributed by atoms with E-state index in [9.17, 15) is 9.59 Å². The average molecular weight is 1640 g/mol. The monoisotopic (exact) mass is 1630 g/mol. The van der Waals surface area contributed by atoms with E-state index in [4.69, 9.17) is 44.6 Å². The topological polar surface area (TPSA) is 371 Å². The zero-order valence-corrected chi connectivity index (χ0v) is 60.5. The van der Waals surface area contributed by atoms with E-state index in [1.54, 1.807) is 98.8 Å². The van der Waals surface area contributed by atoms with Crippen molar-refractivity contribution in [1.29, 1.82) is 0 Å². The molecule has 10 aromatic rings. The van der Waals surface area contributed by atoms with Gasteiger partial charge in [0.15, 0.2) is 28.8 Å². The fourth-order valence-corrected chi connectivity index (χ4v) is 8.99. The molecule has 0 unspecified atom stereocenters. The van der Waals surface area contributed by atoms with Gasteiger partial charge in [0.25, 0.3) is 5.71 Å². The number of carbonyl (C=O) groups excluding carboxylic acids is 1. The number of rotatable bonds is 1. The molecule has 542 valence electrons. The molecule has 0 N–H and O–H groups in total. The molecule has 0 atom stereocenters. The van der Waals surface area contributed by atoms with Gasteiger partial charge in [0.05, 0.1) is 43.5 Å². The maximum absolute atomic E-state index is 10.6. The van der Waals surface area contributed by atoms with Crippen LogP contribution in [0.25, 0.3) is 29.6 Å². The Morgan fingerprint density at radius 1 is 0.364 bits per heavy atom. The Bertz CT molecular complexity index is 4820. The summed E-state index contributed by atoms with van der Waals surface area (Å²) in [5.41, 5.74) is 5.85. The van der Waals surface area contributed by atoms with Crippen molar-refractivity contribution in [3.63, 3.8) is 0 Å². The van der Waals surface area contributed by atoms with E-state index in [-0.39, 0.29) is 11.5 Å². The quantitative estimate of drug-likeness (QED) is 0.0637. The summed E-state index contributed by atoms with van der Waals surface area (Å²) in [4.78, 5) is 87.9. The minimum atomic E-state index is -0.516. The average Bonchev–Trinajstić information content (AvgIpc) is 0.727. The standard InChI is InChI=1S/4C9H7NO.3C8H6N2O.C7H5N3O.C6H3N3O2.C5H2N3O2.W/c1-7-2-3-8-6-10-5-4-9(8)11-7;1-7-4-5-8-9(11-7)3-2-6-10-8;1-7-4-5-8-3-2-6-10-9(8)11-7;1-7-6-10-8-4-2-3-5-9(8)11-7;1-6-4-10-7-5-9-3-2-8(7)11-6;1-6-5-10-8-7(11-6)3-2-4-9-8;1-6-5-10-7-3-2-4-9-8(7)11-6;1-5-2-9-6-3-8-4-10-7(6)11-5;10-4-3-9-5-6(11-4)8-2-1-7-5;1-6-8-4-3-10-5(9)2-7-4;/h4*2-6H,1H2;3*2-5H,1H2;2-4H,1H2;1-3H;1-2H;/q;;;;;;;;;-1;. The van der Waals surface area contributed by atoms with Crippen molar-refractivity contribution in [2.24, 2.45) is 40.2 Å². The van der Waals surface area contributed by atoms with Crippen LogP contribution in [0.2, 0.25) is 0 Å². The number of carbonyl (C=O) groups is 1. The van der Waals surface area contributed by atoms with Gasteiger partial charge in [-0.15, -0.1) is 0 Å². The first kappa shape index (κ1) is 77.0. The SMILES string of the molecule is C=C1C=Cc2cccnc2O1.C=C1C=Cc2cnccc2O1.C=C1C=Cc2ncccc2O1.C=C1C=Nc2ccccc2O1.C=C1C=Nc2cccnc2O1.C=C1C=Nc2cnccc2O1.C=C1C=Nc2cncnc2O1.C=C1C=Nc2ncccc2O1.O=c1cnc2nccnc2o1.[CH-]=NN=C1N=CC(=O)O[C]1=[W]. The van der Waals surface area contributed by atoms with Crippen molar-refractivity contribution < 1.29 is 71.2 Å². The molecule has 110 heavy (non-hydrogen) atoms. The molecule has 9 aliphatic heterocycles. The number of esters is 1. The van der Waals surface area contributed by atoms with Gasteiger partial charge >= 0.3 is 78.5 Å². The van der Waals surface area contributed by atoms with E-state index in [0.717, 1.165) is 82.9 Å². The first-order valence-electron chi connectivity index (χ1n) is 31.6. The summed E-state index contributed by atoms with van der Waals surface area (Å²) in [5, 5.41) is 6.44. The number of hydrogen-bond donors (Lipinski definition) is 0. The van der Waals surface area contributed by atoms with Crippen molar-refractivity contribution in [2.75, 3.05) is 0 Å². The Labute approximate surface area is 637 Å². The molecule has 18 heterocycles. The predicted octanol–water partition coefficient (Wildman–Crippen LogP) is 13.6. The van der Waals surface area contributed by atoms with Crippen LogP contribution < -0.4 is 43.5 Å². The number of amidine groups is 1. The first-order chi connectivity index (χ1) is 53.5. The molecular formula is C78H56N19O12W-. The summed E-state index contributed by atoms with van der Waals surface area (Å²) < 4.78 is 51.6.